The smallest absolute Gasteiger partial charge is 0.264 e. The van der Waals surface area contributed by atoms with Gasteiger partial charge in [0.05, 0.1) is 17.7 Å². The Morgan fingerprint density at radius 2 is 1.62 bits per heavy atom. The van der Waals surface area contributed by atoms with Crippen LogP contribution in [-0.2, 0) is 26.2 Å². The van der Waals surface area contributed by atoms with Crippen molar-refractivity contribution in [3.63, 3.8) is 0 Å². The first kappa shape index (κ1) is 30.9. The molecular formula is C29H33ClFN3O5S. The summed E-state index contributed by atoms with van der Waals surface area (Å²) >= 11 is 6.04. The lowest BCUT2D eigenvalue weighted by molar-refractivity contribution is -0.139. The predicted octanol–water partition coefficient (Wildman–Crippen LogP) is 5.02. The number of sulfonamides is 1. The largest absolute Gasteiger partial charge is 0.497 e. The number of methoxy groups -OCH3 is 1. The van der Waals surface area contributed by atoms with E-state index >= 15 is 0 Å². The van der Waals surface area contributed by atoms with Crippen molar-refractivity contribution in [1.29, 1.82) is 0 Å². The summed E-state index contributed by atoms with van der Waals surface area (Å²) < 4.78 is 48.3. The Labute approximate surface area is 239 Å². The lowest BCUT2D eigenvalue weighted by atomic mass is 10.1. The number of benzene rings is 3. The number of hydrogen-bond donors (Lipinski definition) is 1. The monoisotopic (exact) mass is 589 g/mol. The summed E-state index contributed by atoms with van der Waals surface area (Å²) in [5, 5.41) is 3.22. The topological polar surface area (TPSA) is 96.0 Å². The summed E-state index contributed by atoms with van der Waals surface area (Å²) in [6, 6.07) is 16.5. The van der Waals surface area contributed by atoms with Crippen molar-refractivity contribution >= 4 is 39.1 Å². The van der Waals surface area contributed by atoms with Crippen LogP contribution in [0, 0.1) is 5.82 Å². The second-order valence-electron chi connectivity index (χ2n) is 9.27. The van der Waals surface area contributed by atoms with Crippen LogP contribution in [0.15, 0.2) is 77.7 Å². The van der Waals surface area contributed by atoms with Gasteiger partial charge < -0.3 is 15.0 Å². The van der Waals surface area contributed by atoms with Crippen LogP contribution in [0.3, 0.4) is 0 Å². The summed E-state index contributed by atoms with van der Waals surface area (Å²) in [6.07, 6.45) is 0.671. The fourth-order valence-electron chi connectivity index (χ4n) is 3.87. The van der Waals surface area contributed by atoms with Crippen LogP contribution in [0.2, 0.25) is 5.02 Å². The van der Waals surface area contributed by atoms with E-state index in [9.17, 15) is 22.4 Å². The Bertz CT molecular complexity index is 1420. The molecule has 1 N–H and O–H groups in total. The minimum atomic E-state index is -4.26. The highest BCUT2D eigenvalue weighted by atomic mass is 35.5. The van der Waals surface area contributed by atoms with Gasteiger partial charge in [0.2, 0.25) is 11.8 Å². The second-order valence-corrected chi connectivity index (χ2v) is 11.6. The molecule has 2 atom stereocenters. The van der Waals surface area contributed by atoms with E-state index in [4.69, 9.17) is 16.3 Å². The van der Waals surface area contributed by atoms with Gasteiger partial charge in [0.25, 0.3) is 10.0 Å². The van der Waals surface area contributed by atoms with Gasteiger partial charge in [-0.3, -0.25) is 13.9 Å². The van der Waals surface area contributed by atoms with Gasteiger partial charge in [-0.1, -0.05) is 36.7 Å². The highest BCUT2D eigenvalue weighted by molar-refractivity contribution is 7.92. The molecule has 0 saturated heterocycles. The van der Waals surface area contributed by atoms with E-state index in [0.29, 0.717) is 17.2 Å². The molecular weight excluding hydrogens is 557 g/mol. The maximum atomic E-state index is 14.6. The zero-order valence-corrected chi connectivity index (χ0v) is 24.4. The maximum Gasteiger partial charge on any atom is 0.264 e. The molecule has 0 aromatic heterocycles. The molecule has 0 aliphatic carbocycles. The Morgan fingerprint density at radius 1 is 1.00 bits per heavy atom. The molecule has 0 saturated carbocycles. The van der Waals surface area contributed by atoms with Crippen molar-refractivity contribution in [1.82, 2.24) is 10.2 Å². The van der Waals surface area contributed by atoms with Gasteiger partial charge in [0.15, 0.2) is 0 Å². The number of anilines is 1. The number of halogens is 2. The number of hydrogen-bond acceptors (Lipinski definition) is 5. The Balaban J connectivity index is 2.03. The summed E-state index contributed by atoms with van der Waals surface area (Å²) in [5.74, 6) is -1.21. The lowest BCUT2D eigenvalue weighted by Gasteiger charge is -2.32. The lowest BCUT2D eigenvalue weighted by Crippen LogP contribution is -2.52. The molecule has 11 heteroatoms. The molecule has 40 heavy (non-hydrogen) atoms. The summed E-state index contributed by atoms with van der Waals surface area (Å²) in [6.45, 7) is 4.38. The average molecular weight is 590 g/mol. The third-order valence-corrected chi connectivity index (χ3v) is 8.55. The van der Waals surface area contributed by atoms with Crippen molar-refractivity contribution in [2.45, 2.75) is 50.7 Å². The molecule has 8 nitrogen and oxygen atoms in total. The van der Waals surface area contributed by atoms with Crippen molar-refractivity contribution in [3.8, 4) is 5.75 Å². The standard InChI is InChI=1S/C29H33ClFN3O5S/c1-5-20(2)32-29(36)21(3)33(18-22-8-6-7-9-27(22)31)28(35)19-34(24-12-10-23(30)11-13-24)40(37,38)26-16-14-25(39-4)15-17-26/h6-17,20-21H,5,18-19H2,1-4H3,(H,32,36). The first-order valence-electron chi connectivity index (χ1n) is 12.7. The molecule has 0 spiro atoms. The minimum Gasteiger partial charge on any atom is -0.497 e. The zero-order chi connectivity index (χ0) is 29.4. The number of ether oxygens (including phenoxy) is 1. The third kappa shape index (κ3) is 7.51. The molecule has 214 valence electrons. The van der Waals surface area contributed by atoms with E-state index in [1.54, 1.807) is 6.07 Å². The molecule has 0 bridgehead atoms. The van der Waals surface area contributed by atoms with Crippen molar-refractivity contribution in [2.75, 3.05) is 18.0 Å². The van der Waals surface area contributed by atoms with Crippen molar-refractivity contribution in [2.24, 2.45) is 0 Å². The number of nitrogens with one attached hydrogen (secondary N) is 1. The zero-order valence-electron chi connectivity index (χ0n) is 22.8. The van der Waals surface area contributed by atoms with E-state index in [-0.39, 0.29) is 28.7 Å². The highest BCUT2D eigenvalue weighted by Crippen LogP contribution is 2.27. The SMILES string of the molecule is CCC(C)NC(=O)C(C)N(Cc1ccccc1F)C(=O)CN(c1ccc(Cl)cc1)S(=O)(=O)c1ccc(OC)cc1. The van der Waals surface area contributed by atoms with Crippen molar-refractivity contribution < 1.29 is 27.1 Å². The summed E-state index contributed by atoms with van der Waals surface area (Å²) in [7, 11) is -2.79. The van der Waals surface area contributed by atoms with E-state index in [1.165, 1.54) is 85.7 Å². The van der Waals surface area contributed by atoms with Crippen LogP contribution >= 0.6 is 11.6 Å². The second kappa shape index (κ2) is 13.6. The third-order valence-electron chi connectivity index (χ3n) is 6.51. The van der Waals surface area contributed by atoms with E-state index in [2.05, 4.69) is 5.32 Å². The summed E-state index contributed by atoms with van der Waals surface area (Å²) in [4.78, 5) is 28.0. The molecule has 0 aliphatic rings. The van der Waals surface area contributed by atoms with Gasteiger partial charge in [-0.25, -0.2) is 12.8 Å². The van der Waals surface area contributed by atoms with E-state index in [0.717, 1.165) is 4.31 Å². The number of rotatable bonds is 12. The fraction of sp³-hybridized carbons (Fsp3) is 0.310. The first-order chi connectivity index (χ1) is 19.0. The number of carbonyl (C=O) groups is 2. The molecule has 3 rings (SSSR count). The van der Waals surface area contributed by atoms with Gasteiger partial charge in [-0.05, 0) is 74.9 Å². The van der Waals surface area contributed by atoms with Crippen LogP contribution in [0.4, 0.5) is 10.1 Å². The van der Waals surface area contributed by atoms with Gasteiger partial charge in [0, 0.05) is 23.2 Å². The van der Waals surface area contributed by atoms with Crippen LogP contribution in [0.25, 0.3) is 0 Å². The molecule has 0 aliphatic heterocycles. The Morgan fingerprint density at radius 3 is 2.20 bits per heavy atom. The van der Waals surface area contributed by atoms with Crippen LogP contribution < -0.4 is 14.4 Å². The molecule has 0 radical (unpaired) electrons. The van der Waals surface area contributed by atoms with Crippen LogP contribution in [0.1, 0.15) is 32.8 Å². The maximum absolute atomic E-state index is 14.6. The van der Waals surface area contributed by atoms with E-state index < -0.39 is 40.2 Å². The molecule has 0 heterocycles. The van der Waals surface area contributed by atoms with E-state index in [1.807, 2.05) is 13.8 Å². The van der Waals surface area contributed by atoms with Crippen LogP contribution in [-0.4, -0.2) is 50.9 Å². The average Bonchev–Trinajstić information content (AvgIpc) is 2.95. The predicted molar refractivity (Wildman–Crippen MR) is 153 cm³/mol. The van der Waals surface area contributed by atoms with Gasteiger partial charge >= 0.3 is 0 Å². The fourth-order valence-corrected chi connectivity index (χ4v) is 5.41. The van der Waals surface area contributed by atoms with Gasteiger partial charge in [-0.15, -0.1) is 0 Å². The highest BCUT2D eigenvalue weighted by Gasteiger charge is 2.33. The van der Waals surface area contributed by atoms with Crippen LogP contribution in [0.5, 0.6) is 5.75 Å². The van der Waals surface area contributed by atoms with Gasteiger partial charge in [0.1, 0.15) is 24.2 Å². The molecule has 2 unspecified atom stereocenters. The van der Waals surface area contributed by atoms with Crippen molar-refractivity contribution in [3.05, 3.63) is 89.2 Å². The number of carbonyl (C=O) groups excluding carboxylic acids is 2. The Kier molecular flexibility index (Phi) is 10.5. The normalized spacial score (nSPS) is 12.8. The number of nitrogens with zero attached hydrogens (tertiary/aromatic N) is 2. The molecule has 0 fully saturated rings. The molecule has 3 aromatic carbocycles. The molecule has 2 amide bonds. The molecule has 3 aromatic rings. The first-order valence-corrected chi connectivity index (χ1v) is 14.5. The van der Waals surface area contributed by atoms with Gasteiger partial charge in [-0.2, -0.15) is 0 Å². The number of amides is 2. The Hall–Kier alpha value is -3.63. The minimum absolute atomic E-state index is 0.0701. The summed E-state index contributed by atoms with van der Waals surface area (Å²) in [5.41, 5.74) is 0.381. The quantitative estimate of drug-likeness (QED) is 0.320.